The third kappa shape index (κ3) is 3.44. The lowest BCUT2D eigenvalue weighted by Gasteiger charge is -2.41. The molecule has 1 unspecified atom stereocenters. The van der Waals surface area contributed by atoms with Crippen molar-refractivity contribution < 1.29 is 14.6 Å². The van der Waals surface area contributed by atoms with Crippen LogP contribution in [0.5, 0.6) is 0 Å². The van der Waals surface area contributed by atoms with E-state index in [0.29, 0.717) is 19.4 Å². The lowest BCUT2D eigenvalue weighted by atomic mass is 9.94. The Kier molecular flexibility index (Phi) is 4.75. The molecule has 1 spiro atoms. The molecular weight excluding hydrogens is 356 g/mol. The lowest BCUT2D eigenvalue weighted by Crippen LogP contribution is -2.49. The number of amides is 1. The standard InChI is InChI=1S/C22H26N2O4/c1-15(24-12-10-22(28-21(24)27)9-7-19(25)14-22)16-3-5-17(6-4-16)18-8-11-23(2)20(26)13-18/h3-6,8,11,13,15,19,25H,7,9-10,12,14H2,1-2H3/t15-,19?,22+/m0/s1. The molecule has 1 aromatic carbocycles. The van der Waals surface area contributed by atoms with Crippen molar-refractivity contribution in [3.8, 4) is 11.1 Å². The van der Waals surface area contributed by atoms with Gasteiger partial charge in [-0.1, -0.05) is 24.3 Å². The van der Waals surface area contributed by atoms with Crippen molar-refractivity contribution in [2.24, 2.45) is 7.05 Å². The van der Waals surface area contributed by atoms with Gasteiger partial charge < -0.3 is 19.3 Å². The predicted octanol–water partition coefficient (Wildman–Crippen LogP) is 3.24. The summed E-state index contributed by atoms with van der Waals surface area (Å²) in [6, 6.07) is 11.4. The fourth-order valence-corrected chi connectivity index (χ4v) is 4.31. The Balaban J connectivity index is 1.48. The highest BCUT2D eigenvalue weighted by Crippen LogP contribution is 2.41. The molecule has 1 aliphatic heterocycles. The molecule has 1 N–H and O–H groups in total. The van der Waals surface area contributed by atoms with E-state index in [4.69, 9.17) is 4.74 Å². The minimum Gasteiger partial charge on any atom is -0.443 e. The van der Waals surface area contributed by atoms with E-state index in [2.05, 4.69) is 0 Å². The monoisotopic (exact) mass is 382 g/mol. The van der Waals surface area contributed by atoms with Crippen LogP contribution in [0.4, 0.5) is 4.79 Å². The van der Waals surface area contributed by atoms with Crippen LogP contribution in [-0.2, 0) is 11.8 Å². The summed E-state index contributed by atoms with van der Waals surface area (Å²) in [6.45, 7) is 2.62. The molecule has 1 saturated carbocycles. The van der Waals surface area contributed by atoms with Crippen molar-refractivity contribution in [1.82, 2.24) is 9.47 Å². The van der Waals surface area contributed by atoms with E-state index in [1.54, 1.807) is 24.2 Å². The first-order chi connectivity index (χ1) is 13.4. The summed E-state index contributed by atoms with van der Waals surface area (Å²) in [5, 5.41) is 9.81. The number of rotatable bonds is 3. The zero-order chi connectivity index (χ0) is 19.9. The summed E-state index contributed by atoms with van der Waals surface area (Å²) in [7, 11) is 1.73. The molecule has 2 aromatic rings. The SMILES string of the molecule is C[C@@H](c1ccc(-c2ccn(C)c(=O)c2)cc1)N1CC[C@@]2(CCC(O)C2)OC1=O. The third-order valence-corrected chi connectivity index (χ3v) is 6.19. The van der Waals surface area contributed by atoms with Crippen molar-refractivity contribution in [3.63, 3.8) is 0 Å². The summed E-state index contributed by atoms with van der Waals surface area (Å²) >= 11 is 0. The highest BCUT2D eigenvalue weighted by molar-refractivity contribution is 5.70. The van der Waals surface area contributed by atoms with Crippen LogP contribution in [0.2, 0.25) is 0 Å². The van der Waals surface area contributed by atoms with E-state index in [1.807, 2.05) is 37.3 Å². The van der Waals surface area contributed by atoms with E-state index in [0.717, 1.165) is 29.5 Å². The van der Waals surface area contributed by atoms with Crippen LogP contribution in [0, 0.1) is 0 Å². The molecule has 0 bridgehead atoms. The normalized spacial score (nSPS) is 25.8. The lowest BCUT2D eigenvalue weighted by molar-refractivity contribution is -0.0572. The van der Waals surface area contributed by atoms with E-state index >= 15 is 0 Å². The summed E-state index contributed by atoms with van der Waals surface area (Å²) in [5.74, 6) is 0. The molecule has 0 radical (unpaired) electrons. The number of carbonyl (C=O) groups excluding carboxylic acids is 1. The van der Waals surface area contributed by atoms with Crippen LogP contribution >= 0.6 is 0 Å². The maximum absolute atomic E-state index is 12.6. The largest absolute Gasteiger partial charge is 0.443 e. The number of aryl methyl sites for hydroxylation is 1. The third-order valence-electron chi connectivity index (χ3n) is 6.19. The molecule has 1 aliphatic carbocycles. The van der Waals surface area contributed by atoms with Crippen LogP contribution in [0.15, 0.2) is 47.4 Å². The molecule has 148 valence electrons. The number of aromatic nitrogens is 1. The van der Waals surface area contributed by atoms with Gasteiger partial charge in [-0.15, -0.1) is 0 Å². The van der Waals surface area contributed by atoms with Crippen LogP contribution in [0.3, 0.4) is 0 Å². The second-order valence-electron chi connectivity index (χ2n) is 8.05. The minimum atomic E-state index is -0.476. The Morgan fingerprint density at radius 2 is 1.89 bits per heavy atom. The zero-order valence-corrected chi connectivity index (χ0v) is 16.3. The molecule has 28 heavy (non-hydrogen) atoms. The topological polar surface area (TPSA) is 71.8 Å². The van der Waals surface area contributed by atoms with Gasteiger partial charge in [0.2, 0.25) is 0 Å². The van der Waals surface area contributed by atoms with Gasteiger partial charge in [-0.25, -0.2) is 4.79 Å². The van der Waals surface area contributed by atoms with Crippen molar-refractivity contribution >= 4 is 6.09 Å². The average molecular weight is 382 g/mol. The van der Waals surface area contributed by atoms with Gasteiger partial charge in [-0.3, -0.25) is 4.79 Å². The highest BCUT2D eigenvalue weighted by Gasteiger charge is 2.46. The smallest absolute Gasteiger partial charge is 0.410 e. The number of carbonyl (C=O) groups is 1. The van der Waals surface area contributed by atoms with E-state index in [-0.39, 0.29) is 23.8 Å². The van der Waals surface area contributed by atoms with Crippen molar-refractivity contribution in [2.45, 2.75) is 50.4 Å². The fraction of sp³-hybridized carbons (Fsp3) is 0.455. The summed E-state index contributed by atoms with van der Waals surface area (Å²) in [6.07, 6.45) is 3.84. The Bertz CT molecular complexity index is 936. The van der Waals surface area contributed by atoms with E-state index in [9.17, 15) is 14.7 Å². The molecule has 1 aromatic heterocycles. The fourth-order valence-electron chi connectivity index (χ4n) is 4.31. The summed E-state index contributed by atoms with van der Waals surface area (Å²) < 4.78 is 7.31. The van der Waals surface area contributed by atoms with Gasteiger partial charge in [0, 0.05) is 38.7 Å². The van der Waals surface area contributed by atoms with Crippen LogP contribution in [-0.4, -0.2) is 38.9 Å². The van der Waals surface area contributed by atoms with Crippen molar-refractivity contribution in [3.05, 3.63) is 58.5 Å². The predicted molar refractivity (Wildman–Crippen MR) is 106 cm³/mol. The Hall–Kier alpha value is -2.60. The first-order valence-electron chi connectivity index (χ1n) is 9.82. The number of aliphatic hydroxyl groups is 1. The molecular formula is C22H26N2O4. The Morgan fingerprint density at radius 1 is 1.14 bits per heavy atom. The zero-order valence-electron chi connectivity index (χ0n) is 16.3. The molecule has 3 atom stereocenters. The quantitative estimate of drug-likeness (QED) is 0.885. The number of pyridine rings is 1. The average Bonchev–Trinajstić information content (AvgIpc) is 3.03. The van der Waals surface area contributed by atoms with E-state index < -0.39 is 5.60 Å². The summed E-state index contributed by atoms with van der Waals surface area (Å²) in [4.78, 5) is 26.2. The number of hydrogen-bond acceptors (Lipinski definition) is 4. The Labute approximate surface area is 164 Å². The second kappa shape index (κ2) is 7.09. The van der Waals surface area contributed by atoms with Gasteiger partial charge in [0.05, 0.1) is 12.1 Å². The maximum atomic E-state index is 12.6. The molecule has 6 heteroatoms. The summed E-state index contributed by atoms with van der Waals surface area (Å²) in [5.41, 5.74) is 2.34. The number of benzene rings is 1. The van der Waals surface area contributed by atoms with Gasteiger partial charge in [0.15, 0.2) is 0 Å². The number of aliphatic hydroxyl groups excluding tert-OH is 1. The van der Waals surface area contributed by atoms with Crippen molar-refractivity contribution in [2.75, 3.05) is 6.54 Å². The molecule has 4 rings (SSSR count). The number of ether oxygens (including phenoxy) is 1. The van der Waals surface area contributed by atoms with Crippen molar-refractivity contribution in [1.29, 1.82) is 0 Å². The maximum Gasteiger partial charge on any atom is 0.410 e. The molecule has 1 saturated heterocycles. The van der Waals surface area contributed by atoms with Crippen LogP contribution < -0.4 is 5.56 Å². The molecule has 6 nitrogen and oxygen atoms in total. The van der Waals surface area contributed by atoms with Crippen LogP contribution in [0.25, 0.3) is 11.1 Å². The molecule has 2 aliphatic rings. The molecule has 2 heterocycles. The second-order valence-corrected chi connectivity index (χ2v) is 8.05. The highest BCUT2D eigenvalue weighted by atomic mass is 16.6. The van der Waals surface area contributed by atoms with Gasteiger partial charge in [0.25, 0.3) is 5.56 Å². The number of hydrogen-bond donors (Lipinski definition) is 1. The Morgan fingerprint density at radius 3 is 2.50 bits per heavy atom. The minimum absolute atomic E-state index is 0.0445. The first-order valence-corrected chi connectivity index (χ1v) is 9.82. The van der Waals surface area contributed by atoms with Gasteiger partial charge in [-0.05, 0) is 42.5 Å². The van der Waals surface area contributed by atoms with E-state index in [1.165, 1.54) is 4.57 Å². The van der Waals surface area contributed by atoms with Crippen LogP contribution in [0.1, 0.15) is 44.2 Å². The number of nitrogens with zero attached hydrogens (tertiary/aromatic N) is 2. The molecule has 2 fully saturated rings. The first kappa shape index (κ1) is 18.7. The van der Waals surface area contributed by atoms with Gasteiger partial charge in [0.1, 0.15) is 5.60 Å². The molecule has 1 amide bonds. The van der Waals surface area contributed by atoms with Gasteiger partial charge in [-0.2, -0.15) is 0 Å². The van der Waals surface area contributed by atoms with Gasteiger partial charge >= 0.3 is 6.09 Å².